The molecule has 22 nitrogen and oxygen atoms in total. The molecule has 336 valence electrons. The van der Waals surface area contributed by atoms with Crippen molar-refractivity contribution in [2.75, 3.05) is 84.3 Å². The predicted molar refractivity (Wildman–Crippen MR) is 249 cm³/mol. The highest BCUT2D eigenvalue weighted by Gasteiger charge is 2.17. The van der Waals surface area contributed by atoms with E-state index in [1.54, 1.807) is 30.3 Å². The summed E-state index contributed by atoms with van der Waals surface area (Å²) in [4.78, 5) is 27.0. The number of hydrogen-bond donors (Lipinski definition) is 12. The van der Waals surface area contributed by atoms with Crippen LogP contribution < -0.4 is 54.0 Å². The standard InChI is InChI=1S/C40H48N16O6S2/c41-17-19-43-21-23-45-35-51-37(47-29-7-3-1-4-8-29)55-39(53-35)49-31-15-13-27(33(25-31)63-62-61-57)11-12-28-14-16-32(26-34(28)64(58,59)60)50-40-54-36(46-24-22-44-20-18-42)52-38(56-40)48-30-9-5-2-6-10-30/h1-16,25-26,43-44,57H,17-24,41-42H2,(H,58,59,60)(H3,45,47,49,51,53,55)(H3,46,48,50,52,54,56)/b12-11+. The van der Waals surface area contributed by atoms with Gasteiger partial charge in [-0.3, -0.25) is 4.55 Å². The molecule has 0 aliphatic carbocycles. The van der Waals surface area contributed by atoms with Crippen molar-refractivity contribution in [1.29, 1.82) is 0 Å². The van der Waals surface area contributed by atoms with Crippen LogP contribution in [0.2, 0.25) is 0 Å². The molecule has 0 atom stereocenters. The highest BCUT2D eigenvalue weighted by molar-refractivity contribution is 7.94. The number of nitrogens with one attached hydrogen (secondary N) is 8. The molecule has 0 bridgehead atoms. The number of hydrogen-bond acceptors (Lipinski definition) is 22. The van der Waals surface area contributed by atoms with Crippen molar-refractivity contribution in [3.63, 3.8) is 0 Å². The molecule has 6 rings (SSSR count). The van der Waals surface area contributed by atoms with Crippen LogP contribution >= 0.6 is 12.0 Å². The molecular formula is C40H48N16O6S2. The smallest absolute Gasteiger partial charge is 0.295 e. The molecule has 0 saturated heterocycles. The lowest BCUT2D eigenvalue weighted by atomic mass is 10.1. The zero-order chi connectivity index (χ0) is 45.0. The van der Waals surface area contributed by atoms with Crippen LogP contribution in [0.15, 0.2) is 107 Å². The molecule has 0 saturated carbocycles. The Morgan fingerprint density at radius 3 is 1.45 bits per heavy atom. The van der Waals surface area contributed by atoms with Crippen LogP contribution in [0.3, 0.4) is 0 Å². The molecule has 0 aliphatic rings. The van der Waals surface area contributed by atoms with Gasteiger partial charge in [0, 0.05) is 80.0 Å². The van der Waals surface area contributed by atoms with Crippen LogP contribution in [-0.4, -0.2) is 100 Å². The average molecular weight is 913 g/mol. The first-order chi connectivity index (χ1) is 31.2. The summed E-state index contributed by atoms with van der Waals surface area (Å²) in [6.07, 6.45) is 3.10. The largest absolute Gasteiger partial charge is 0.353 e. The Morgan fingerprint density at radius 2 is 0.984 bits per heavy atom. The third-order valence-electron chi connectivity index (χ3n) is 8.56. The fraction of sp³-hybridized carbons (Fsp3) is 0.200. The monoisotopic (exact) mass is 912 g/mol. The Balaban J connectivity index is 1.23. The van der Waals surface area contributed by atoms with E-state index in [0.717, 1.165) is 11.4 Å². The topological polar surface area (TPSA) is 319 Å². The van der Waals surface area contributed by atoms with Gasteiger partial charge in [-0.1, -0.05) is 65.7 Å². The molecule has 0 unspecified atom stereocenters. The number of nitrogens with two attached hydrogens (primary N) is 2. The first-order valence-corrected chi connectivity index (χ1v) is 22.0. The fourth-order valence-corrected chi connectivity index (χ4v) is 6.92. The number of aromatic nitrogens is 6. The van der Waals surface area contributed by atoms with Gasteiger partial charge >= 0.3 is 0 Å². The summed E-state index contributed by atoms with van der Waals surface area (Å²) in [5.41, 5.74) is 14.1. The van der Waals surface area contributed by atoms with Gasteiger partial charge in [0.05, 0.1) is 12.0 Å². The lowest BCUT2D eigenvalue weighted by Gasteiger charge is -2.13. The molecule has 0 aliphatic heterocycles. The second-order valence-corrected chi connectivity index (χ2v) is 15.4. The minimum Gasteiger partial charge on any atom is -0.353 e. The molecule has 0 spiro atoms. The van der Waals surface area contributed by atoms with Gasteiger partial charge in [-0.05, 0) is 59.7 Å². The van der Waals surface area contributed by atoms with E-state index >= 15 is 0 Å². The normalized spacial score (nSPS) is 11.4. The van der Waals surface area contributed by atoms with Gasteiger partial charge in [-0.2, -0.15) is 38.3 Å². The second kappa shape index (κ2) is 24.3. The zero-order valence-electron chi connectivity index (χ0n) is 34.2. The first kappa shape index (κ1) is 46.9. The van der Waals surface area contributed by atoms with Gasteiger partial charge in [0.25, 0.3) is 10.1 Å². The van der Waals surface area contributed by atoms with E-state index in [1.165, 1.54) is 18.2 Å². The lowest BCUT2D eigenvalue weighted by molar-refractivity contribution is -0.432. The van der Waals surface area contributed by atoms with Crippen molar-refractivity contribution in [2.24, 2.45) is 11.5 Å². The SMILES string of the molecule is NCCNCCNc1nc(Nc2ccccc2)nc(Nc2ccc(/C=C/c3ccc(Nc4nc(NCCNCCN)nc(Nc5ccccc5)n4)cc3S(=O)(=O)O)c(SOOO)c2)n1. The van der Waals surface area contributed by atoms with Gasteiger partial charge in [-0.25, -0.2) is 5.26 Å². The van der Waals surface area contributed by atoms with Gasteiger partial charge in [-0.15, -0.1) is 4.33 Å². The summed E-state index contributed by atoms with van der Waals surface area (Å²) in [6, 6.07) is 28.2. The first-order valence-electron chi connectivity index (χ1n) is 19.8. The van der Waals surface area contributed by atoms with Crippen LogP contribution in [0.4, 0.5) is 58.4 Å². The Hall–Kier alpha value is -6.58. The van der Waals surface area contributed by atoms with E-state index in [9.17, 15) is 13.0 Å². The number of anilines is 10. The molecule has 4 aromatic carbocycles. The average Bonchev–Trinajstić information content (AvgIpc) is 3.28. The number of nitrogens with zero attached hydrogens (tertiary/aromatic N) is 6. The van der Waals surface area contributed by atoms with E-state index in [0.29, 0.717) is 86.5 Å². The van der Waals surface area contributed by atoms with Gasteiger partial charge < -0.3 is 54.0 Å². The Kier molecular flexibility index (Phi) is 17.8. The van der Waals surface area contributed by atoms with Crippen LogP contribution in [0, 0.1) is 0 Å². The summed E-state index contributed by atoms with van der Waals surface area (Å²) in [7, 11) is -4.75. The van der Waals surface area contributed by atoms with Crippen molar-refractivity contribution in [3.8, 4) is 0 Å². The number of benzene rings is 4. The Morgan fingerprint density at radius 1 is 0.547 bits per heavy atom. The lowest BCUT2D eigenvalue weighted by Crippen LogP contribution is -2.27. The maximum atomic E-state index is 12.8. The van der Waals surface area contributed by atoms with Crippen molar-refractivity contribution in [1.82, 2.24) is 40.5 Å². The molecule has 64 heavy (non-hydrogen) atoms. The minimum atomic E-state index is -4.75. The molecule has 0 radical (unpaired) electrons. The summed E-state index contributed by atoms with van der Waals surface area (Å²) < 4.78 is 40.7. The quantitative estimate of drug-likeness (QED) is 0.00868. The maximum absolute atomic E-state index is 12.8. The minimum absolute atomic E-state index is 0.0980. The van der Waals surface area contributed by atoms with E-state index < -0.39 is 15.0 Å². The maximum Gasteiger partial charge on any atom is 0.295 e. The van der Waals surface area contributed by atoms with Crippen molar-refractivity contribution < 1.29 is 27.6 Å². The van der Waals surface area contributed by atoms with Gasteiger partial charge in [0.15, 0.2) is 0 Å². The summed E-state index contributed by atoms with van der Waals surface area (Å²) in [6.45, 7) is 4.57. The van der Waals surface area contributed by atoms with Crippen LogP contribution in [-0.2, 0) is 19.5 Å². The third-order valence-corrected chi connectivity index (χ3v) is 10.1. The number of rotatable bonds is 26. The highest BCUT2D eigenvalue weighted by atomic mass is 32.2. The molecule has 2 heterocycles. The molecule has 2 aromatic heterocycles. The van der Waals surface area contributed by atoms with E-state index in [1.807, 2.05) is 60.7 Å². The van der Waals surface area contributed by atoms with Gasteiger partial charge in [0.2, 0.25) is 35.7 Å². The molecule has 6 aromatic rings. The highest BCUT2D eigenvalue weighted by Crippen LogP contribution is 2.31. The van der Waals surface area contributed by atoms with Crippen LogP contribution in [0.5, 0.6) is 0 Å². The van der Waals surface area contributed by atoms with Crippen molar-refractivity contribution >= 4 is 92.8 Å². The van der Waals surface area contributed by atoms with E-state index in [4.69, 9.17) is 21.1 Å². The third kappa shape index (κ3) is 15.1. The molecule has 24 heteroatoms. The van der Waals surface area contributed by atoms with Crippen LogP contribution in [0.1, 0.15) is 11.1 Å². The summed E-state index contributed by atoms with van der Waals surface area (Å²) in [5.74, 6) is 1.39. The molecule has 0 amide bonds. The second-order valence-electron chi connectivity index (χ2n) is 13.3. The Bertz CT molecular complexity index is 2550. The fourth-order valence-electron chi connectivity index (χ4n) is 5.70. The van der Waals surface area contributed by atoms with Crippen LogP contribution in [0.25, 0.3) is 12.2 Å². The summed E-state index contributed by atoms with van der Waals surface area (Å²) >= 11 is 0.684. The van der Waals surface area contributed by atoms with E-state index in [-0.39, 0.29) is 41.0 Å². The van der Waals surface area contributed by atoms with Crippen molar-refractivity contribution in [2.45, 2.75) is 9.79 Å². The van der Waals surface area contributed by atoms with E-state index in [2.05, 4.69) is 77.5 Å². The molecule has 14 N–H and O–H groups in total. The number of para-hydroxylation sites is 2. The van der Waals surface area contributed by atoms with Crippen molar-refractivity contribution in [3.05, 3.63) is 108 Å². The summed E-state index contributed by atoms with van der Waals surface area (Å²) in [5, 5.41) is 38.1. The van der Waals surface area contributed by atoms with Gasteiger partial charge in [0.1, 0.15) is 4.90 Å². The predicted octanol–water partition coefficient (Wildman–Crippen LogP) is 4.80. The zero-order valence-corrected chi connectivity index (χ0v) is 35.9. The molecule has 0 fully saturated rings. The Labute approximate surface area is 373 Å². The molecular weight excluding hydrogens is 865 g/mol.